The Morgan fingerprint density at radius 3 is 2.41 bits per heavy atom. The van der Waals surface area contributed by atoms with E-state index in [2.05, 4.69) is 15.2 Å². The Bertz CT molecular complexity index is 1770. The van der Waals surface area contributed by atoms with Crippen LogP contribution >= 0.6 is 11.6 Å². The van der Waals surface area contributed by atoms with Crippen molar-refractivity contribution in [2.75, 3.05) is 6.54 Å². The lowest BCUT2D eigenvalue weighted by Crippen LogP contribution is -2.38. The quantitative estimate of drug-likeness (QED) is 0.256. The Morgan fingerprint density at radius 1 is 1.08 bits per heavy atom. The summed E-state index contributed by atoms with van der Waals surface area (Å²) in [7, 11) is 0. The number of benzene rings is 3. The number of ether oxygens (including phenoxy) is 1. The van der Waals surface area contributed by atoms with E-state index < -0.39 is 36.0 Å². The number of nitrogens with zero attached hydrogens (tertiary/aromatic N) is 2. The number of amides is 1. The first kappa shape index (κ1) is 24.8. The van der Waals surface area contributed by atoms with Gasteiger partial charge in [-0.2, -0.15) is 5.10 Å². The number of alkyl halides is 2. The van der Waals surface area contributed by atoms with E-state index in [1.807, 2.05) is 0 Å². The molecule has 0 saturated carbocycles. The average molecular weight is 555 g/mol. The fourth-order valence-corrected chi connectivity index (χ4v) is 4.89. The predicted octanol–water partition coefficient (Wildman–Crippen LogP) is 6.30. The molecule has 1 aliphatic heterocycles. The Morgan fingerprint density at radius 2 is 1.74 bits per heavy atom. The molecule has 0 saturated heterocycles. The van der Waals surface area contributed by atoms with E-state index >= 15 is 0 Å². The third-order valence-corrected chi connectivity index (χ3v) is 6.55. The minimum absolute atomic E-state index is 0.0176. The molecule has 3 heterocycles. The van der Waals surface area contributed by atoms with Gasteiger partial charge in [0.05, 0.1) is 23.7 Å². The van der Waals surface area contributed by atoms with E-state index in [-0.39, 0.29) is 33.6 Å². The number of oxazole rings is 1. The summed E-state index contributed by atoms with van der Waals surface area (Å²) < 4.78 is 54.0. The second kappa shape index (κ2) is 9.05. The van der Waals surface area contributed by atoms with Gasteiger partial charge < -0.3 is 14.1 Å². The van der Waals surface area contributed by atoms with E-state index in [1.165, 1.54) is 0 Å². The number of nitrogens with one attached hydrogen (secondary N) is 2. The van der Waals surface area contributed by atoms with Gasteiger partial charge in [-0.3, -0.25) is 14.9 Å². The van der Waals surface area contributed by atoms with E-state index in [1.54, 1.807) is 48.5 Å². The number of H-pyrrole nitrogens is 2. The maximum absolute atomic E-state index is 14.5. The highest BCUT2D eigenvalue weighted by Gasteiger charge is 2.45. The van der Waals surface area contributed by atoms with Crippen LogP contribution in [0.1, 0.15) is 34.6 Å². The highest BCUT2D eigenvalue weighted by molar-refractivity contribution is 6.30. The summed E-state index contributed by atoms with van der Waals surface area (Å²) in [4.78, 5) is 28.6. The number of aromatic amines is 2. The molecule has 39 heavy (non-hydrogen) atoms. The molecule has 3 aromatic carbocycles. The molecule has 12 heteroatoms. The maximum atomic E-state index is 14.5. The third-order valence-electron chi connectivity index (χ3n) is 6.30. The van der Waals surface area contributed by atoms with Gasteiger partial charge in [0.15, 0.2) is 5.58 Å². The second-order valence-corrected chi connectivity index (χ2v) is 9.67. The fraction of sp³-hybridized carbons (Fsp3) is 0.148. The minimum atomic E-state index is -3.21. The van der Waals surface area contributed by atoms with Crippen LogP contribution in [0.2, 0.25) is 5.02 Å². The van der Waals surface area contributed by atoms with Gasteiger partial charge in [-0.05, 0) is 48.0 Å². The summed E-state index contributed by atoms with van der Waals surface area (Å²) in [6.45, 7) is -0.157. The van der Waals surface area contributed by atoms with Crippen molar-refractivity contribution in [2.45, 2.75) is 18.9 Å². The Balaban J connectivity index is 1.46. The monoisotopic (exact) mass is 554 g/mol. The molecular formula is C27H18ClF3N4O4. The lowest BCUT2D eigenvalue weighted by molar-refractivity contribution is -0.0148. The van der Waals surface area contributed by atoms with Crippen molar-refractivity contribution in [3.05, 3.63) is 98.9 Å². The van der Waals surface area contributed by atoms with Crippen LogP contribution < -0.4 is 10.5 Å². The van der Waals surface area contributed by atoms with Gasteiger partial charge >= 0.3 is 5.76 Å². The first-order valence-electron chi connectivity index (χ1n) is 11.7. The van der Waals surface area contributed by atoms with Crippen molar-refractivity contribution in [2.24, 2.45) is 0 Å². The van der Waals surface area contributed by atoms with Gasteiger partial charge in [0.25, 0.3) is 11.8 Å². The largest absolute Gasteiger partial charge is 0.457 e. The molecule has 1 unspecified atom stereocenters. The molecule has 198 valence electrons. The smallest absolute Gasteiger partial charge is 0.417 e. The van der Waals surface area contributed by atoms with E-state index in [4.69, 9.17) is 20.8 Å². The normalized spacial score (nSPS) is 15.3. The molecule has 0 aliphatic carbocycles. The number of aromatic nitrogens is 3. The fourth-order valence-electron chi connectivity index (χ4n) is 4.77. The summed E-state index contributed by atoms with van der Waals surface area (Å²) in [6, 6.07) is 14.5. The first-order valence-corrected chi connectivity index (χ1v) is 12.1. The van der Waals surface area contributed by atoms with Crippen molar-refractivity contribution >= 4 is 28.6 Å². The molecule has 1 aliphatic rings. The van der Waals surface area contributed by atoms with Crippen LogP contribution in [0.25, 0.3) is 22.4 Å². The highest BCUT2D eigenvalue weighted by atomic mass is 35.5. The second-order valence-electron chi connectivity index (χ2n) is 9.24. The molecule has 5 aromatic rings. The van der Waals surface area contributed by atoms with Crippen molar-refractivity contribution in [1.82, 2.24) is 20.1 Å². The standard InChI is InChI=1S/C27H18ClF3N4O4/c1-27(30,31)12-35-23(13-2-6-16(7-3-13)38-17-8-4-14(28)5-9-17)20-21(33-34-22(20)25(35)36)18-10-15(29)11-19-24(18)39-26(37)32-19/h2-11,23H,12H2,1H3,(H,32,37)(H,33,34). The zero-order valence-corrected chi connectivity index (χ0v) is 20.9. The van der Waals surface area contributed by atoms with E-state index in [9.17, 15) is 22.8 Å². The van der Waals surface area contributed by atoms with Crippen LogP contribution in [-0.4, -0.2) is 38.5 Å². The van der Waals surface area contributed by atoms with Gasteiger partial charge in [0, 0.05) is 23.6 Å². The molecule has 0 spiro atoms. The molecule has 2 aromatic heterocycles. The van der Waals surface area contributed by atoms with Gasteiger partial charge in [0.1, 0.15) is 28.7 Å². The van der Waals surface area contributed by atoms with Crippen LogP contribution in [0, 0.1) is 5.82 Å². The number of rotatable bonds is 6. The number of halogens is 4. The van der Waals surface area contributed by atoms with Gasteiger partial charge in [-0.25, -0.2) is 18.0 Å². The number of hydrogen-bond donors (Lipinski definition) is 2. The Labute approximate surface area is 223 Å². The molecular weight excluding hydrogens is 537 g/mol. The Kier molecular flexibility index (Phi) is 5.76. The summed E-state index contributed by atoms with van der Waals surface area (Å²) in [5, 5.41) is 7.38. The van der Waals surface area contributed by atoms with Crippen LogP contribution in [0.15, 0.2) is 69.9 Å². The lowest BCUT2D eigenvalue weighted by Gasteiger charge is -2.28. The average Bonchev–Trinajstić information content (AvgIpc) is 3.54. The van der Waals surface area contributed by atoms with Gasteiger partial charge in [-0.1, -0.05) is 23.7 Å². The Hall–Kier alpha value is -4.51. The minimum Gasteiger partial charge on any atom is -0.457 e. The summed E-state index contributed by atoms with van der Waals surface area (Å²) in [5.74, 6) is -4.39. The number of carbonyl (C=O) groups is 1. The summed E-state index contributed by atoms with van der Waals surface area (Å²) in [6.07, 6.45) is 0. The van der Waals surface area contributed by atoms with Crippen molar-refractivity contribution in [3.63, 3.8) is 0 Å². The van der Waals surface area contributed by atoms with E-state index in [0.717, 1.165) is 24.0 Å². The van der Waals surface area contributed by atoms with Crippen molar-refractivity contribution in [3.8, 4) is 22.8 Å². The summed E-state index contributed by atoms with van der Waals surface area (Å²) in [5.41, 5.74) is 1.02. The number of hydrogen-bond acceptors (Lipinski definition) is 5. The van der Waals surface area contributed by atoms with Crippen molar-refractivity contribution < 1.29 is 27.1 Å². The van der Waals surface area contributed by atoms with Gasteiger partial charge in [-0.15, -0.1) is 0 Å². The van der Waals surface area contributed by atoms with Crippen LogP contribution in [0.5, 0.6) is 11.5 Å². The first-order chi connectivity index (χ1) is 18.6. The molecule has 0 bridgehead atoms. The third kappa shape index (κ3) is 4.54. The predicted molar refractivity (Wildman–Crippen MR) is 136 cm³/mol. The molecule has 6 rings (SSSR count). The molecule has 0 fully saturated rings. The number of carbonyl (C=O) groups excluding carboxylic acids is 1. The van der Waals surface area contributed by atoms with E-state index in [0.29, 0.717) is 22.1 Å². The molecule has 2 N–H and O–H groups in total. The molecule has 0 radical (unpaired) electrons. The van der Waals surface area contributed by atoms with Crippen LogP contribution in [-0.2, 0) is 0 Å². The van der Waals surface area contributed by atoms with Crippen LogP contribution in [0.4, 0.5) is 13.2 Å². The zero-order valence-electron chi connectivity index (χ0n) is 20.1. The molecule has 1 atom stereocenters. The maximum Gasteiger partial charge on any atom is 0.417 e. The zero-order chi connectivity index (χ0) is 27.5. The summed E-state index contributed by atoms with van der Waals surface area (Å²) >= 11 is 5.92. The van der Waals surface area contributed by atoms with Crippen molar-refractivity contribution in [1.29, 1.82) is 0 Å². The molecule has 1 amide bonds. The topological polar surface area (TPSA) is 104 Å². The van der Waals surface area contributed by atoms with Gasteiger partial charge in [0.2, 0.25) is 0 Å². The highest BCUT2D eigenvalue weighted by Crippen LogP contribution is 2.45. The SMILES string of the molecule is CC(F)(F)CN1C(=O)c2[nH]nc(-c3cc(F)cc4[nH]c(=O)oc34)c2C1c1ccc(Oc2ccc(Cl)cc2)cc1. The van der Waals surface area contributed by atoms with Crippen LogP contribution in [0.3, 0.4) is 0 Å². The lowest BCUT2D eigenvalue weighted by atomic mass is 9.95. The molecule has 8 nitrogen and oxygen atoms in total. The number of fused-ring (bicyclic) bond motifs is 2.